The first-order valence-corrected chi connectivity index (χ1v) is 8.86. The summed E-state index contributed by atoms with van der Waals surface area (Å²) in [5.74, 6) is -0.266. The number of methoxy groups -OCH3 is 1. The van der Waals surface area contributed by atoms with Crippen LogP contribution in [0.4, 0.5) is 9.18 Å². The van der Waals surface area contributed by atoms with Crippen LogP contribution in [0.3, 0.4) is 0 Å². The van der Waals surface area contributed by atoms with Crippen LogP contribution in [0.25, 0.3) is 0 Å². The molecule has 0 saturated carbocycles. The molecule has 1 saturated heterocycles. The normalized spacial score (nSPS) is 20.6. The van der Waals surface area contributed by atoms with E-state index >= 15 is 0 Å². The van der Waals surface area contributed by atoms with Crippen molar-refractivity contribution in [1.82, 2.24) is 15.1 Å². The topological polar surface area (TPSA) is 44.8 Å². The lowest BCUT2D eigenvalue weighted by molar-refractivity contribution is 0.163. The van der Waals surface area contributed by atoms with Gasteiger partial charge in [-0.25, -0.2) is 9.18 Å². The molecule has 2 amide bonds. The zero-order valence-electron chi connectivity index (χ0n) is 15.6. The van der Waals surface area contributed by atoms with E-state index in [0.717, 1.165) is 31.5 Å². The van der Waals surface area contributed by atoms with Gasteiger partial charge in [0, 0.05) is 39.9 Å². The number of carbonyl (C=O) groups is 1. The molecule has 0 spiro atoms. The molecule has 1 aromatic carbocycles. The molecule has 1 fully saturated rings. The van der Waals surface area contributed by atoms with Gasteiger partial charge >= 0.3 is 6.03 Å². The molecule has 0 radical (unpaired) electrons. The predicted molar refractivity (Wildman–Crippen MR) is 96.9 cm³/mol. The van der Waals surface area contributed by atoms with Crippen molar-refractivity contribution in [3.05, 3.63) is 35.6 Å². The highest BCUT2D eigenvalue weighted by Crippen LogP contribution is 2.27. The Bertz CT molecular complexity index is 552. The van der Waals surface area contributed by atoms with Crippen molar-refractivity contribution >= 4 is 6.03 Å². The number of urea groups is 1. The number of nitrogens with zero attached hydrogens (tertiary/aromatic N) is 2. The molecule has 0 bridgehead atoms. The standard InChI is InChI=1S/C19H30FN3O2/c1-19(9-11-22(2)15-19)14-21-18(24)23(10-4-12-25-3)13-16-5-7-17(20)8-6-16/h5-8H,4,9-15H2,1-3H3,(H,21,24)/t19-/m1/s1. The van der Waals surface area contributed by atoms with E-state index in [2.05, 4.69) is 24.2 Å². The first-order valence-electron chi connectivity index (χ1n) is 8.86. The summed E-state index contributed by atoms with van der Waals surface area (Å²) < 4.78 is 18.2. The highest BCUT2D eigenvalue weighted by molar-refractivity contribution is 5.74. The molecule has 0 aromatic heterocycles. The molecule has 1 aromatic rings. The van der Waals surface area contributed by atoms with Crippen molar-refractivity contribution in [2.45, 2.75) is 26.3 Å². The van der Waals surface area contributed by atoms with Crippen LogP contribution in [-0.2, 0) is 11.3 Å². The second-order valence-electron chi connectivity index (χ2n) is 7.35. The zero-order chi connectivity index (χ0) is 18.3. The van der Waals surface area contributed by atoms with Gasteiger partial charge in [-0.15, -0.1) is 0 Å². The fourth-order valence-electron chi connectivity index (χ4n) is 3.28. The summed E-state index contributed by atoms with van der Waals surface area (Å²) in [4.78, 5) is 16.7. The molecular formula is C19H30FN3O2. The van der Waals surface area contributed by atoms with Gasteiger partial charge < -0.3 is 19.9 Å². The van der Waals surface area contributed by atoms with E-state index < -0.39 is 0 Å². The maximum absolute atomic E-state index is 13.1. The van der Waals surface area contributed by atoms with Gasteiger partial charge in [0.15, 0.2) is 0 Å². The number of hydrogen-bond donors (Lipinski definition) is 1. The summed E-state index contributed by atoms with van der Waals surface area (Å²) in [6, 6.07) is 6.22. The third-order valence-electron chi connectivity index (χ3n) is 4.77. The summed E-state index contributed by atoms with van der Waals surface area (Å²) in [5.41, 5.74) is 1.04. The number of ether oxygens (including phenoxy) is 1. The Morgan fingerprint density at radius 1 is 1.40 bits per heavy atom. The van der Waals surface area contributed by atoms with Crippen molar-refractivity contribution in [3.63, 3.8) is 0 Å². The molecule has 1 heterocycles. The van der Waals surface area contributed by atoms with Crippen LogP contribution in [0.2, 0.25) is 0 Å². The smallest absolute Gasteiger partial charge is 0.317 e. The first kappa shape index (κ1) is 19.7. The number of likely N-dealkylation sites (tertiary alicyclic amines) is 1. The highest BCUT2D eigenvalue weighted by atomic mass is 19.1. The number of halogens is 1. The van der Waals surface area contributed by atoms with Gasteiger partial charge in [0.05, 0.1) is 0 Å². The first-order chi connectivity index (χ1) is 11.9. The summed E-state index contributed by atoms with van der Waals surface area (Å²) in [7, 11) is 3.76. The Hall–Kier alpha value is -1.66. The Morgan fingerprint density at radius 2 is 2.12 bits per heavy atom. The summed E-state index contributed by atoms with van der Waals surface area (Å²) in [6.07, 6.45) is 1.86. The van der Waals surface area contributed by atoms with Crippen LogP contribution < -0.4 is 5.32 Å². The van der Waals surface area contributed by atoms with Gasteiger partial charge in [0.1, 0.15) is 5.82 Å². The fraction of sp³-hybridized carbons (Fsp3) is 0.632. The van der Waals surface area contributed by atoms with Crippen molar-refractivity contribution in [2.75, 3.05) is 46.9 Å². The van der Waals surface area contributed by atoms with E-state index in [0.29, 0.717) is 26.2 Å². The van der Waals surface area contributed by atoms with E-state index in [1.807, 2.05) is 0 Å². The van der Waals surface area contributed by atoms with Gasteiger partial charge in [0.25, 0.3) is 0 Å². The molecular weight excluding hydrogens is 321 g/mol. The van der Waals surface area contributed by atoms with Crippen LogP contribution in [0.15, 0.2) is 24.3 Å². The lowest BCUT2D eigenvalue weighted by Crippen LogP contribution is -2.45. The van der Waals surface area contributed by atoms with Crippen LogP contribution in [-0.4, -0.2) is 62.8 Å². The Morgan fingerprint density at radius 3 is 2.72 bits per heavy atom. The maximum atomic E-state index is 13.1. The molecule has 1 N–H and O–H groups in total. The Labute approximate surface area is 150 Å². The summed E-state index contributed by atoms with van der Waals surface area (Å²) >= 11 is 0. The summed E-state index contributed by atoms with van der Waals surface area (Å²) in [5, 5.41) is 3.09. The zero-order valence-corrected chi connectivity index (χ0v) is 15.6. The molecule has 2 rings (SSSR count). The van der Waals surface area contributed by atoms with Crippen LogP contribution in [0.5, 0.6) is 0 Å². The van der Waals surface area contributed by atoms with Crippen molar-refractivity contribution in [1.29, 1.82) is 0 Å². The molecule has 0 unspecified atom stereocenters. The number of amides is 2. The highest BCUT2D eigenvalue weighted by Gasteiger charge is 2.32. The molecule has 0 aliphatic carbocycles. The third kappa shape index (κ3) is 6.29. The number of hydrogen-bond acceptors (Lipinski definition) is 3. The molecule has 25 heavy (non-hydrogen) atoms. The minimum atomic E-state index is -0.266. The number of benzene rings is 1. The lowest BCUT2D eigenvalue weighted by Gasteiger charge is -2.28. The number of nitrogens with one attached hydrogen (secondary N) is 1. The Balaban J connectivity index is 1.93. The maximum Gasteiger partial charge on any atom is 0.317 e. The van der Waals surface area contributed by atoms with Crippen LogP contribution in [0, 0.1) is 11.2 Å². The molecule has 1 aliphatic rings. The largest absolute Gasteiger partial charge is 0.385 e. The SMILES string of the molecule is COCCCN(Cc1ccc(F)cc1)C(=O)NC[C@@]1(C)CCN(C)C1. The van der Waals surface area contributed by atoms with Crippen molar-refractivity contribution in [3.8, 4) is 0 Å². The van der Waals surface area contributed by atoms with E-state index in [9.17, 15) is 9.18 Å². The molecule has 6 heteroatoms. The second kappa shape index (κ2) is 9.15. The molecule has 1 atom stereocenters. The predicted octanol–water partition coefficient (Wildman–Crippen LogP) is 2.72. The third-order valence-corrected chi connectivity index (χ3v) is 4.77. The minimum Gasteiger partial charge on any atom is -0.385 e. The average molecular weight is 351 g/mol. The van der Waals surface area contributed by atoms with E-state index in [4.69, 9.17) is 4.74 Å². The minimum absolute atomic E-state index is 0.0730. The van der Waals surface area contributed by atoms with Gasteiger partial charge in [-0.2, -0.15) is 0 Å². The van der Waals surface area contributed by atoms with Gasteiger partial charge in [0.2, 0.25) is 0 Å². The van der Waals surface area contributed by atoms with Gasteiger partial charge in [-0.3, -0.25) is 0 Å². The lowest BCUT2D eigenvalue weighted by atomic mass is 9.90. The van der Waals surface area contributed by atoms with Gasteiger partial charge in [-0.05, 0) is 49.5 Å². The van der Waals surface area contributed by atoms with E-state index in [1.54, 1.807) is 24.1 Å². The van der Waals surface area contributed by atoms with Crippen molar-refractivity contribution < 1.29 is 13.9 Å². The molecule has 5 nitrogen and oxygen atoms in total. The average Bonchev–Trinajstić information content (AvgIpc) is 2.93. The van der Waals surface area contributed by atoms with Crippen LogP contribution >= 0.6 is 0 Å². The quantitative estimate of drug-likeness (QED) is 0.733. The number of carbonyl (C=O) groups excluding carboxylic acids is 1. The van der Waals surface area contributed by atoms with Gasteiger partial charge in [-0.1, -0.05) is 19.1 Å². The molecule has 1 aliphatic heterocycles. The van der Waals surface area contributed by atoms with Crippen molar-refractivity contribution in [2.24, 2.45) is 5.41 Å². The second-order valence-corrected chi connectivity index (χ2v) is 7.35. The monoisotopic (exact) mass is 351 g/mol. The van der Waals surface area contributed by atoms with E-state index in [1.165, 1.54) is 12.1 Å². The summed E-state index contributed by atoms with van der Waals surface area (Å²) in [6.45, 7) is 6.62. The number of rotatable bonds is 8. The Kier molecular flexibility index (Phi) is 7.20. The molecule has 140 valence electrons. The van der Waals surface area contributed by atoms with Crippen LogP contribution in [0.1, 0.15) is 25.3 Å². The fourth-order valence-corrected chi connectivity index (χ4v) is 3.28. The van der Waals surface area contributed by atoms with E-state index in [-0.39, 0.29) is 17.3 Å².